The number of aromatic nitrogens is 1. The van der Waals surface area contributed by atoms with Crippen molar-refractivity contribution >= 4 is 7.85 Å². The van der Waals surface area contributed by atoms with Crippen LogP contribution in [-0.4, -0.2) is 12.8 Å². The van der Waals surface area contributed by atoms with E-state index in [0.29, 0.717) is 5.69 Å². The largest absolute Gasteiger partial charge is 0.451 e. The molecule has 0 spiro atoms. The van der Waals surface area contributed by atoms with Crippen LogP contribution >= 0.6 is 0 Å². The van der Waals surface area contributed by atoms with Gasteiger partial charge in [0.05, 0.1) is 13.5 Å². The highest BCUT2D eigenvalue weighted by Crippen LogP contribution is 1.99. The lowest BCUT2D eigenvalue weighted by Gasteiger charge is -1.94. The number of nitrogens with two attached hydrogens (primary N) is 1. The Kier molecular flexibility index (Phi) is 1.35. The third-order valence-electron chi connectivity index (χ3n) is 0.793. The van der Waals surface area contributed by atoms with Crippen molar-refractivity contribution in [2.75, 3.05) is 0 Å². The molecule has 1 aromatic rings. The molecule has 0 aliphatic heterocycles. The zero-order valence-corrected chi connectivity index (χ0v) is 4.24. The average molecular weight is 108 g/mol. The lowest BCUT2D eigenvalue weighted by molar-refractivity contribution is 0.556. The molecule has 8 heavy (non-hydrogen) atoms. The summed E-state index contributed by atoms with van der Waals surface area (Å²) < 4.78 is 4.60. The van der Waals surface area contributed by atoms with Crippen molar-refractivity contribution in [1.29, 1.82) is 0 Å². The van der Waals surface area contributed by atoms with E-state index in [9.17, 15) is 0 Å². The van der Waals surface area contributed by atoms with E-state index in [4.69, 9.17) is 13.6 Å². The number of hydrogen-bond donors (Lipinski definition) is 1. The quantitative estimate of drug-likeness (QED) is 0.506. The van der Waals surface area contributed by atoms with Crippen molar-refractivity contribution in [1.82, 2.24) is 4.98 Å². The van der Waals surface area contributed by atoms with Gasteiger partial charge in [-0.2, -0.15) is 0 Å². The predicted molar refractivity (Wildman–Crippen MR) is 29.2 cm³/mol. The Labute approximate surface area is 48.3 Å². The zero-order chi connectivity index (χ0) is 5.98. The van der Waals surface area contributed by atoms with Gasteiger partial charge in [0.25, 0.3) is 0 Å². The van der Waals surface area contributed by atoms with Crippen LogP contribution in [0.3, 0.4) is 0 Å². The minimum Gasteiger partial charge on any atom is -0.451 e. The van der Waals surface area contributed by atoms with Gasteiger partial charge >= 0.3 is 0 Å². The minimum absolute atomic E-state index is 0.520. The maximum Gasteiger partial charge on any atom is 0.180 e. The molecule has 1 unspecified atom stereocenters. The first-order valence-corrected chi connectivity index (χ1v) is 2.20. The van der Waals surface area contributed by atoms with Crippen molar-refractivity contribution in [3.63, 3.8) is 0 Å². The molecule has 2 radical (unpaired) electrons. The summed E-state index contributed by atoms with van der Waals surface area (Å²) in [5.41, 5.74) is 5.79. The first kappa shape index (κ1) is 5.37. The summed E-state index contributed by atoms with van der Waals surface area (Å²) in [6, 6.07) is 0. The third-order valence-corrected chi connectivity index (χ3v) is 0.793. The van der Waals surface area contributed by atoms with Gasteiger partial charge < -0.3 is 10.2 Å². The molecular formula is C4H5BN2O. The Morgan fingerprint density at radius 2 is 2.62 bits per heavy atom. The first-order valence-electron chi connectivity index (χ1n) is 2.20. The van der Waals surface area contributed by atoms with Gasteiger partial charge in [0.2, 0.25) is 0 Å². The van der Waals surface area contributed by atoms with Crippen LogP contribution < -0.4 is 5.73 Å². The molecule has 1 rings (SSSR count). The lowest BCUT2D eigenvalue weighted by atomic mass is 9.95. The van der Waals surface area contributed by atoms with Crippen molar-refractivity contribution in [3.05, 3.63) is 18.4 Å². The molecule has 0 fully saturated rings. The summed E-state index contributed by atoms with van der Waals surface area (Å²) in [5, 5.41) is 0. The smallest absolute Gasteiger partial charge is 0.180 e. The zero-order valence-electron chi connectivity index (χ0n) is 4.24. The van der Waals surface area contributed by atoms with Gasteiger partial charge in [-0.3, -0.25) is 0 Å². The van der Waals surface area contributed by atoms with E-state index < -0.39 is 5.94 Å². The van der Waals surface area contributed by atoms with E-state index in [1.807, 2.05) is 0 Å². The summed E-state index contributed by atoms with van der Waals surface area (Å²) in [5.74, 6) is -0.520. The van der Waals surface area contributed by atoms with Gasteiger partial charge in [-0.05, 0) is 0 Å². The molecule has 0 aliphatic carbocycles. The van der Waals surface area contributed by atoms with Gasteiger partial charge in [-0.1, -0.05) is 0 Å². The highest BCUT2D eigenvalue weighted by Gasteiger charge is 1.98. The minimum atomic E-state index is -0.520. The Hall–Kier alpha value is -0.765. The second kappa shape index (κ2) is 2.00. The highest BCUT2D eigenvalue weighted by molar-refractivity contribution is 6.11. The van der Waals surface area contributed by atoms with E-state index in [2.05, 4.69) is 9.40 Å². The van der Waals surface area contributed by atoms with Crippen molar-refractivity contribution in [2.45, 2.75) is 5.94 Å². The molecule has 4 heteroatoms. The normalized spacial score (nSPS) is 13.6. The van der Waals surface area contributed by atoms with Crippen molar-refractivity contribution in [2.24, 2.45) is 5.73 Å². The fourth-order valence-electron chi connectivity index (χ4n) is 0.386. The summed E-state index contributed by atoms with van der Waals surface area (Å²) in [4.78, 5) is 3.70. The second-order valence-corrected chi connectivity index (χ2v) is 1.44. The molecule has 0 saturated carbocycles. The fraction of sp³-hybridized carbons (Fsp3) is 0.250. The summed E-state index contributed by atoms with van der Waals surface area (Å²) in [7, 11) is 5.21. The van der Waals surface area contributed by atoms with Crippen LogP contribution in [0.2, 0.25) is 0 Å². The molecule has 1 aromatic heterocycles. The average Bonchev–Trinajstić information content (AvgIpc) is 2.12. The van der Waals surface area contributed by atoms with Crippen LogP contribution in [-0.2, 0) is 0 Å². The number of hydrogen-bond acceptors (Lipinski definition) is 3. The first-order chi connectivity index (χ1) is 3.80. The Morgan fingerprint density at radius 3 is 2.88 bits per heavy atom. The maximum absolute atomic E-state index is 5.21. The summed E-state index contributed by atoms with van der Waals surface area (Å²) >= 11 is 0. The molecule has 0 bridgehead atoms. The van der Waals surface area contributed by atoms with Gasteiger partial charge in [0, 0.05) is 5.94 Å². The van der Waals surface area contributed by atoms with E-state index >= 15 is 0 Å². The summed E-state index contributed by atoms with van der Waals surface area (Å²) in [6.07, 6.45) is 2.72. The van der Waals surface area contributed by atoms with Crippen LogP contribution in [0.5, 0.6) is 0 Å². The number of oxazole rings is 1. The van der Waals surface area contributed by atoms with Crippen molar-refractivity contribution in [3.8, 4) is 0 Å². The van der Waals surface area contributed by atoms with Gasteiger partial charge in [0.15, 0.2) is 6.39 Å². The van der Waals surface area contributed by atoms with Gasteiger partial charge in [-0.15, -0.1) is 0 Å². The SMILES string of the molecule is [B]C(N)c1cocn1. The molecular weight excluding hydrogens is 103 g/mol. The van der Waals surface area contributed by atoms with Crippen LogP contribution in [0, 0.1) is 0 Å². The molecule has 2 N–H and O–H groups in total. The molecule has 0 amide bonds. The molecule has 0 saturated heterocycles. The van der Waals surface area contributed by atoms with E-state index in [0.717, 1.165) is 0 Å². The predicted octanol–water partition coefficient (Wildman–Crippen LogP) is -0.200. The van der Waals surface area contributed by atoms with Gasteiger partial charge in [-0.25, -0.2) is 4.98 Å². The Morgan fingerprint density at radius 1 is 1.88 bits per heavy atom. The highest BCUT2D eigenvalue weighted by atomic mass is 16.3. The summed E-state index contributed by atoms with van der Waals surface area (Å²) in [6.45, 7) is 0. The molecule has 0 aromatic carbocycles. The Balaban J connectivity index is 2.77. The standard InChI is InChI=1S/C4H5BN2O/c5-4(6)3-1-8-2-7-3/h1-2,4H,6H2. The maximum atomic E-state index is 5.21. The van der Waals surface area contributed by atoms with Crippen molar-refractivity contribution < 1.29 is 4.42 Å². The number of rotatable bonds is 1. The molecule has 3 nitrogen and oxygen atoms in total. The Bertz CT molecular complexity index is 149. The van der Waals surface area contributed by atoms with E-state index in [-0.39, 0.29) is 0 Å². The van der Waals surface area contributed by atoms with E-state index in [1.165, 1.54) is 12.7 Å². The monoisotopic (exact) mass is 108 g/mol. The molecule has 0 aliphatic rings. The van der Waals surface area contributed by atoms with Crippen LogP contribution in [0.25, 0.3) is 0 Å². The van der Waals surface area contributed by atoms with Crippen LogP contribution in [0.4, 0.5) is 0 Å². The van der Waals surface area contributed by atoms with Crippen LogP contribution in [0.15, 0.2) is 17.1 Å². The molecule has 1 atom stereocenters. The lowest BCUT2D eigenvalue weighted by Crippen LogP contribution is -2.09. The molecule has 40 valence electrons. The topological polar surface area (TPSA) is 52.0 Å². The second-order valence-electron chi connectivity index (χ2n) is 1.44. The molecule has 1 heterocycles. The van der Waals surface area contributed by atoms with Gasteiger partial charge in [0.1, 0.15) is 6.26 Å². The van der Waals surface area contributed by atoms with Crippen LogP contribution in [0.1, 0.15) is 11.6 Å². The fourth-order valence-corrected chi connectivity index (χ4v) is 0.386. The van der Waals surface area contributed by atoms with E-state index in [1.54, 1.807) is 0 Å². The number of nitrogens with zero attached hydrogens (tertiary/aromatic N) is 1. The third kappa shape index (κ3) is 0.896.